The number of ether oxygens (including phenoxy) is 1. The predicted octanol–water partition coefficient (Wildman–Crippen LogP) is 0.469. The van der Waals surface area contributed by atoms with Gasteiger partial charge >= 0.3 is 0 Å². The number of aryl methyl sites for hydroxylation is 1. The molecule has 1 unspecified atom stereocenters. The van der Waals surface area contributed by atoms with Gasteiger partial charge in [0.2, 0.25) is 5.95 Å². The Hall–Kier alpha value is -1.20. The molecule has 0 amide bonds. The summed E-state index contributed by atoms with van der Waals surface area (Å²) in [4.78, 5) is 10.9. The minimum Gasteiger partial charge on any atom is -0.379 e. The largest absolute Gasteiger partial charge is 0.379 e. The fraction of sp³-hybridized carbons (Fsp3) is 0.636. The highest BCUT2D eigenvalue weighted by Crippen LogP contribution is 2.17. The van der Waals surface area contributed by atoms with E-state index in [4.69, 9.17) is 10.5 Å². The van der Waals surface area contributed by atoms with E-state index < -0.39 is 0 Å². The SMILES string of the molecule is Cc1nc(N(C)C2CCOC2)ncc1CN. The lowest BCUT2D eigenvalue weighted by molar-refractivity contribution is 0.193. The molecule has 0 spiro atoms. The van der Waals surface area contributed by atoms with Crippen molar-refractivity contribution in [3.05, 3.63) is 17.5 Å². The molecule has 0 aromatic carbocycles. The van der Waals surface area contributed by atoms with Crippen molar-refractivity contribution in [1.82, 2.24) is 9.97 Å². The van der Waals surface area contributed by atoms with Gasteiger partial charge in [0, 0.05) is 37.7 Å². The van der Waals surface area contributed by atoms with Gasteiger partial charge in [-0.05, 0) is 13.3 Å². The number of anilines is 1. The van der Waals surface area contributed by atoms with Crippen LogP contribution in [0.2, 0.25) is 0 Å². The van der Waals surface area contributed by atoms with Gasteiger partial charge in [0.1, 0.15) is 0 Å². The number of hydrogen-bond donors (Lipinski definition) is 1. The van der Waals surface area contributed by atoms with Gasteiger partial charge in [-0.3, -0.25) is 0 Å². The van der Waals surface area contributed by atoms with Crippen molar-refractivity contribution in [2.45, 2.75) is 25.9 Å². The van der Waals surface area contributed by atoms with Crippen molar-refractivity contribution >= 4 is 5.95 Å². The molecule has 1 aliphatic heterocycles. The minimum atomic E-state index is 0.392. The standard InChI is InChI=1S/C11H18N4O/c1-8-9(5-12)6-13-11(14-8)15(2)10-3-4-16-7-10/h6,10H,3-5,7,12H2,1-2H3. The normalized spacial score (nSPS) is 20.1. The fourth-order valence-electron chi connectivity index (χ4n) is 1.84. The molecule has 0 aliphatic carbocycles. The van der Waals surface area contributed by atoms with Crippen LogP contribution in [0.25, 0.3) is 0 Å². The Labute approximate surface area is 95.6 Å². The Morgan fingerprint density at radius 3 is 3.00 bits per heavy atom. The van der Waals surface area contributed by atoms with Gasteiger partial charge in [0.15, 0.2) is 0 Å². The molecule has 2 N–H and O–H groups in total. The second-order valence-electron chi connectivity index (χ2n) is 4.11. The molecule has 1 aromatic rings. The predicted molar refractivity (Wildman–Crippen MR) is 62.3 cm³/mol. The van der Waals surface area contributed by atoms with E-state index in [1.807, 2.05) is 20.2 Å². The molecule has 2 rings (SSSR count). The Morgan fingerprint density at radius 1 is 1.62 bits per heavy atom. The van der Waals surface area contributed by atoms with Crippen LogP contribution in [0.3, 0.4) is 0 Å². The summed E-state index contributed by atoms with van der Waals surface area (Å²) in [5.41, 5.74) is 7.54. The van der Waals surface area contributed by atoms with Gasteiger partial charge in [0.25, 0.3) is 0 Å². The summed E-state index contributed by atoms with van der Waals surface area (Å²) in [5.74, 6) is 0.755. The van der Waals surface area contributed by atoms with Crippen LogP contribution < -0.4 is 10.6 Å². The summed E-state index contributed by atoms with van der Waals surface area (Å²) in [6.07, 6.45) is 2.85. The molecule has 1 aliphatic rings. The Bertz CT molecular complexity index is 363. The quantitative estimate of drug-likeness (QED) is 0.805. The maximum atomic E-state index is 5.59. The highest BCUT2D eigenvalue weighted by atomic mass is 16.5. The number of hydrogen-bond acceptors (Lipinski definition) is 5. The van der Waals surface area contributed by atoms with E-state index in [1.54, 1.807) is 0 Å². The third kappa shape index (κ3) is 2.15. The molecule has 0 saturated carbocycles. The average molecular weight is 222 g/mol. The molecule has 1 fully saturated rings. The molecule has 0 radical (unpaired) electrons. The zero-order chi connectivity index (χ0) is 11.5. The Kier molecular flexibility index (Phi) is 3.36. The first-order valence-electron chi connectivity index (χ1n) is 5.55. The maximum Gasteiger partial charge on any atom is 0.225 e. The van der Waals surface area contributed by atoms with Crippen molar-refractivity contribution in [2.75, 3.05) is 25.2 Å². The molecule has 5 heteroatoms. The van der Waals surface area contributed by atoms with Crippen LogP contribution in [0.15, 0.2) is 6.20 Å². The number of aromatic nitrogens is 2. The van der Waals surface area contributed by atoms with Crippen LogP contribution in [0.1, 0.15) is 17.7 Å². The molecule has 16 heavy (non-hydrogen) atoms. The van der Waals surface area contributed by atoms with Gasteiger partial charge in [-0.25, -0.2) is 9.97 Å². The second kappa shape index (κ2) is 4.76. The second-order valence-corrected chi connectivity index (χ2v) is 4.11. The van der Waals surface area contributed by atoms with E-state index >= 15 is 0 Å². The van der Waals surface area contributed by atoms with Gasteiger partial charge < -0.3 is 15.4 Å². The zero-order valence-corrected chi connectivity index (χ0v) is 9.81. The maximum absolute atomic E-state index is 5.59. The highest BCUT2D eigenvalue weighted by Gasteiger charge is 2.22. The molecule has 0 bridgehead atoms. The first kappa shape index (κ1) is 11.3. The molecule has 1 atom stereocenters. The molecule has 1 aromatic heterocycles. The van der Waals surface area contributed by atoms with Gasteiger partial charge in [-0.2, -0.15) is 0 Å². The lowest BCUT2D eigenvalue weighted by atomic mass is 10.2. The van der Waals surface area contributed by atoms with Crippen molar-refractivity contribution in [3.63, 3.8) is 0 Å². The van der Waals surface area contributed by atoms with Crippen LogP contribution in [0, 0.1) is 6.92 Å². The van der Waals surface area contributed by atoms with Crippen LogP contribution in [-0.4, -0.2) is 36.3 Å². The minimum absolute atomic E-state index is 0.392. The van der Waals surface area contributed by atoms with E-state index in [1.165, 1.54) is 0 Å². The number of rotatable bonds is 3. The lowest BCUT2D eigenvalue weighted by Crippen LogP contribution is -2.33. The molecular formula is C11H18N4O. The average Bonchev–Trinajstić information content (AvgIpc) is 2.81. The summed E-state index contributed by atoms with van der Waals surface area (Å²) in [5, 5.41) is 0. The van der Waals surface area contributed by atoms with E-state index in [2.05, 4.69) is 14.9 Å². The summed E-state index contributed by atoms with van der Waals surface area (Å²) in [7, 11) is 2.01. The molecular weight excluding hydrogens is 204 g/mol. The summed E-state index contributed by atoms with van der Waals surface area (Å²) in [6.45, 7) is 4.04. The first-order valence-corrected chi connectivity index (χ1v) is 5.55. The van der Waals surface area contributed by atoms with Crippen LogP contribution in [0.4, 0.5) is 5.95 Å². The Balaban J connectivity index is 2.16. The van der Waals surface area contributed by atoms with E-state index in [9.17, 15) is 0 Å². The van der Waals surface area contributed by atoms with Crippen LogP contribution in [0.5, 0.6) is 0 Å². The van der Waals surface area contributed by atoms with Crippen molar-refractivity contribution in [2.24, 2.45) is 5.73 Å². The van der Waals surface area contributed by atoms with E-state index in [0.29, 0.717) is 12.6 Å². The van der Waals surface area contributed by atoms with E-state index in [-0.39, 0.29) is 0 Å². The molecule has 88 valence electrons. The third-order valence-corrected chi connectivity index (χ3v) is 3.06. The van der Waals surface area contributed by atoms with Crippen molar-refractivity contribution in [1.29, 1.82) is 0 Å². The monoisotopic (exact) mass is 222 g/mol. The third-order valence-electron chi connectivity index (χ3n) is 3.06. The van der Waals surface area contributed by atoms with E-state index in [0.717, 1.165) is 36.8 Å². The summed E-state index contributed by atoms with van der Waals surface area (Å²) >= 11 is 0. The van der Waals surface area contributed by atoms with Crippen LogP contribution >= 0.6 is 0 Å². The van der Waals surface area contributed by atoms with Crippen molar-refractivity contribution < 1.29 is 4.74 Å². The van der Waals surface area contributed by atoms with Crippen LogP contribution in [-0.2, 0) is 11.3 Å². The fourth-order valence-corrected chi connectivity index (χ4v) is 1.84. The molecule has 2 heterocycles. The smallest absolute Gasteiger partial charge is 0.225 e. The Morgan fingerprint density at radius 2 is 2.44 bits per heavy atom. The lowest BCUT2D eigenvalue weighted by Gasteiger charge is -2.23. The molecule has 1 saturated heterocycles. The molecule has 5 nitrogen and oxygen atoms in total. The topological polar surface area (TPSA) is 64.3 Å². The van der Waals surface area contributed by atoms with Gasteiger partial charge in [0.05, 0.1) is 12.6 Å². The highest BCUT2D eigenvalue weighted by molar-refractivity contribution is 5.33. The summed E-state index contributed by atoms with van der Waals surface area (Å²) < 4.78 is 5.36. The van der Waals surface area contributed by atoms with Crippen molar-refractivity contribution in [3.8, 4) is 0 Å². The first-order chi connectivity index (χ1) is 7.72. The zero-order valence-electron chi connectivity index (χ0n) is 9.81. The van der Waals surface area contributed by atoms with Gasteiger partial charge in [-0.1, -0.05) is 0 Å². The number of likely N-dealkylation sites (N-methyl/N-ethyl adjacent to an activating group) is 1. The number of nitrogens with two attached hydrogens (primary N) is 1. The summed E-state index contributed by atoms with van der Waals surface area (Å²) in [6, 6.07) is 0.392. The number of nitrogens with zero attached hydrogens (tertiary/aromatic N) is 3. The van der Waals surface area contributed by atoms with Gasteiger partial charge in [-0.15, -0.1) is 0 Å².